The number of hydrogen-bond acceptors (Lipinski definition) is 3. The molecular formula is C13H22N2O2S. The predicted octanol–water partition coefficient (Wildman–Crippen LogP) is 1.83. The van der Waals surface area contributed by atoms with Crippen molar-refractivity contribution in [3.8, 4) is 0 Å². The van der Waals surface area contributed by atoms with Crippen LogP contribution < -0.4 is 10.5 Å². The van der Waals surface area contributed by atoms with Crippen molar-refractivity contribution in [2.75, 3.05) is 6.54 Å². The standard InChI is InChI=1S/C13H22N2O2S/c1-4-13(10(3)14)11-6-8-12(9-7-11)18(16,17)15-5-2/h6-10,13,15H,4-5,14H2,1-3H3. The van der Waals surface area contributed by atoms with Gasteiger partial charge in [0.15, 0.2) is 0 Å². The first-order valence-corrected chi connectivity index (χ1v) is 7.75. The third-order valence-electron chi connectivity index (χ3n) is 3.03. The van der Waals surface area contributed by atoms with Crippen LogP contribution in [0.1, 0.15) is 38.7 Å². The van der Waals surface area contributed by atoms with E-state index < -0.39 is 10.0 Å². The Bertz CT molecular complexity index is 466. The molecule has 102 valence electrons. The molecule has 0 saturated heterocycles. The first-order chi connectivity index (χ1) is 8.42. The molecule has 0 saturated carbocycles. The second kappa shape index (κ2) is 6.31. The Morgan fingerprint density at radius 3 is 2.17 bits per heavy atom. The molecule has 4 nitrogen and oxygen atoms in total. The summed E-state index contributed by atoms with van der Waals surface area (Å²) < 4.78 is 26.0. The number of nitrogens with one attached hydrogen (secondary N) is 1. The molecule has 2 atom stereocenters. The highest BCUT2D eigenvalue weighted by Crippen LogP contribution is 2.23. The molecule has 0 heterocycles. The highest BCUT2D eigenvalue weighted by Gasteiger charge is 2.16. The third kappa shape index (κ3) is 3.54. The van der Waals surface area contributed by atoms with Gasteiger partial charge in [-0.3, -0.25) is 0 Å². The largest absolute Gasteiger partial charge is 0.327 e. The van der Waals surface area contributed by atoms with Gasteiger partial charge in [-0.25, -0.2) is 13.1 Å². The van der Waals surface area contributed by atoms with Crippen molar-refractivity contribution in [2.24, 2.45) is 5.73 Å². The van der Waals surface area contributed by atoms with Crippen LogP contribution in [0.15, 0.2) is 29.2 Å². The van der Waals surface area contributed by atoms with Gasteiger partial charge in [-0.2, -0.15) is 0 Å². The fourth-order valence-corrected chi connectivity index (χ4v) is 3.12. The smallest absolute Gasteiger partial charge is 0.240 e. The molecule has 0 aliphatic heterocycles. The SMILES string of the molecule is CCNS(=O)(=O)c1ccc(C(CC)C(C)N)cc1. The van der Waals surface area contributed by atoms with Gasteiger partial charge in [-0.05, 0) is 37.0 Å². The third-order valence-corrected chi connectivity index (χ3v) is 4.59. The maximum Gasteiger partial charge on any atom is 0.240 e. The second-order valence-electron chi connectivity index (χ2n) is 4.44. The van der Waals surface area contributed by atoms with Crippen molar-refractivity contribution >= 4 is 10.0 Å². The van der Waals surface area contributed by atoms with Crippen molar-refractivity contribution in [1.82, 2.24) is 4.72 Å². The van der Waals surface area contributed by atoms with Gasteiger partial charge in [0, 0.05) is 12.6 Å². The zero-order valence-corrected chi connectivity index (χ0v) is 12.0. The summed E-state index contributed by atoms with van der Waals surface area (Å²) in [4.78, 5) is 0.299. The van der Waals surface area contributed by atoms with Gasteiger partial charge in [0.2, 0.25) is 10.0 Å². The molecule has 0 aromatic heterocycles. The van der Waals surface area contributed by atoms with Gasteiger partial charge in [0.05, 0.1) is 4.90 Å². The Morgan fingerprint density at radius 2 is 1.78 bits per heavy atom. The molecule has 0 bridgehead atoms. The zero-order chi connectivity index (χ0) is 13.8. The van der Waals surface area contributed by atoms with E-state index >= 15 is 0 Å². The lowest BCUT2D eigenvalue weighted by molar-refractivity contribution is 0.552. The summed E-state index contributed by atoms with van der Waals surface area (Å²) in [6, 6.07) is 7.03. The molecule has 0 aliphatic carbocycles. The summed E-state index contributed by atoms with van der Waals surface area (Å²) in [5.74, 6) is 0.265. The Hall–Kier alpha value is -0.910. The van der Waals surface area contributed by atoms with Gasteiger partial charge in [0.1, 0.15) is 0 Å². The zero-order valence-electron chi connectivity index (χ0n) is 11.2. The highest BCUT2D eigenvalue weighted by molar-refractivity contribution is 7.89. The first-order valence-electron chi connectivity index (χ1n) is 6.27. The summed E-state index contributed by atoms with van der Waals surface area (Å²) >= 11 is 0. The van der Waals surface area contributed by atoms with E-state index in [1.807, 2.05) is 19.1 Å². The van der Waals surface area contributed by atoms with Crippen LogP contribution in [-0.2, 0) is 10.0 Å². The molecule has 5 heteroatoms. The summed E-state index contributed by atoms with van der Waals surface area (Å²) in [6.45, 7) is 6.20. The minimum absolute atomic E-state index is 0.0613. The number of nitrogens with two attached hydrogens (primary N) is 1. The molecule has 18 heavy (non-hydrogen) atoms. The van der Waals surface area contributed by atoms with Gasteiger partial charge >= 0.3 is 0 Å². The second-order valence-corrected chi connectivity index (χ2v) is 6.21. The van der Waals surface area contributed by atoms with Crippen molar-refractivity contribution in [3.63, 3.8) is 0 Å². The summed E-state index contributed by atoms with van der Waals surface area (Å²) in [6.07, 6.45) is 0.941. The van der Waals surface area contributed by atoms with E-state index in [9.17, 15) is 8.42 Å². The molecule has 0 radical (unpaired) electrons. The van der Waals surface area contributed by atoms with Crippen LogP contribution in [0.25, 0.3) is 0 Å². The van der Waals surface area contributed by atoms with Crippen molar-refractivity contribution in [2.45, 2.75) is 44.0 Å². The molecular weight excluding hydrogens is 248 g/mol. The van der Waals surface area contributed by atoms with Crippen LogP contribution >= 0.6 is 0 Å². The lowest BCUT2D eigenvalue weighted by Gasteiger charge is -2.19. The molecule has 0 spiro atoms. The molecule has 1 rings (SSSR count). The van der Waals surface area contributed by atoms with Gasteiger partial charge in [-0.1, -0.05) is 26.0 Å². The van der Waals surface area contributed by atoms with Gasteiger partial charge in [0.25, 0.3) is 0 Å². The maximum absolute atomic E-state index is 11.8. The van der Waals surface area contributed by atoms with Crippen molar-refractivity contribution in [1.29, 1.82) is 0 Å². The van der Waals surface area contributed by atoms with Gasteiger partial charge in [-0.15, -0.1) is 0 Å². The van der Waals surface area contributed by atoms with E-state index in [1.54, 1.807) is 19.1 Å². The molecule has 3 N–H and O–H groups in total. The summed E-state index contributed by atoms with van der Waals surface area (Å²) in [5, 5.41) is 0. The minimum Gasteiger partial charge on any atom is -0.327 e. The van der Waals surface area contributed by atoms with Crippen LogP contribution in [0.5, 0.6) is 0 Å². The predicted molar refractivity (Wildman–Crippen MR) is 74.0 cm³/mol. The summed E-state index contributed by atoms with van der Waals surface area (Å²) in [7, 11) is -3.36. The van der Waals surface area contributed by atoms with E-state index in [0.717, 1.165) is 12.0 Å². The quantitative estimate of drug-likeness (QED) is 0.828. The van der Waals surface area contributed by atoms with E-state index in [4.69, 9.17) is 5.73 Å². The van der Waals surface area contributed by atoms with E-state index in [-0.39, 0.29) is 12.0 Å². The molecule has 0 fully saturated rings. The Balaban J connectivity index is 2.99. The van der Waals surface area contributed by atoms with Crippen LogP contribution in [0.4, 0.5) is 0 Å². The lowest BCUT2D eigenvalue weighted by Crippen LogP contribution is -2.25. The van der Waals surface area contributed by atoms with E-state index in [1.165, 1.54) is 0 Å². The molecule has 0 aliphatic rings. The number of benzene rings is 1. The van der Waals surface area contributed by atoms with E-state index in [2.05, 4.69) is 11.6 Å². The normalized spacial score (nSPS) is 15.3. The maximum atomic E-state index is 11.8. The molecule has 1 aromatic carbocycles. The van der Waals surface area contributed by atoms with Crippen LogP contribution in [-0.4, -0.2) is 21.0 Å². The number of sulfonamides is 1. The fourth-order valence-electron chi connectivity index (χ4n) is 2.08. The van der Waals surface area contributed by atoms with Crippen LogP contribution in [0.2, 0.25) is 0 Å². The van der Waals surface area contributed by atoms with Gasteiger partial charge < -0.3 is 5.73 Å². The Labute approximate surface area is 110 Å². The minimum atomic E-state index is -3.36. The van der Waals surface area contributed by atoms with Crippen LogP contribution in [0, 0.1) is 0 Å². The Morgan fingerprint density at radius 1 is 1.22 bits per heavy atom. The molecule has 0 amide bonds. The van der Waals surface area contributed by atoms with Crippen LogP contribution in [0.3, 0.4) is 0 Å². The average molecular weight is 270 g/mol. The topological polar surface area (TPSA) is 72.2 Å². The number of hydrogen-bond donors (Lipinski definition) is 2. The monoisotopic (exact) mass is 270 g/mol. The number of rotatable bonds is 6. The lowest BCUT2D eigenvalue weighted by atomic mass is 9.91. The van der Waals surface area contributed by atoms with Crippen molar-refractivity contribution in [3.05, 3.63) is 29.8 Å². The molecule has 2 unspecified atom stereocenters. The summed E-state index contributed by atoms with van der Waals surface area (Å²) in [5.41, 5.74) is 7.01. The highest BCUT2D eigenvalue weighted by atomic mass is 32.2. The molecule has 1 aromatic rings. The van der Waals surface area contributed by atoms with E-state index in [0.29, 0.717) is 11.4 Å². The average Bonchev–Trinajstić information content (AvgIpc) is 2.30. The Kier molecular flexibility index (Phi) is 5.31. The van der Waals surface area contributed by atoms with Crippen molar-refractivity contribution < 1.29 is 8.42 Å². The first kappa shape index (κ1) is 15.1. The fraction of sp³-hybridized carbons (Fsp3) is 0.538.